The molecular weight excluding hydrogens is 254 g/mol. The molecule has 0 atom stereocenters. The van der Waals surface area contributed by atoms with Crippen molar-refractivity contribution in [1.29, 1.82) is 0 Å². The fourth-order valence-corrected chi connectivity index (χ4v) is 0.947. The van der Waals surface area contributed by atoms with Gasteiger partial charge in [-0.1, -0.05) is 6.42 Å². The summed E-state index contributed by atoms with van der Waals surface area (Å²) in [5, 5.41) is 8.31. The van der Waals surface area contributed by atoms with Gasteiger partial charge in [0, 0.05) is 13.0 Å². The molecule has 0 unspecified atom stereocenters. The smallest absolute Gasteiger partial charge is 0.481 e. The van der Waals surface area contributed by atoms with Crippen LogP contribution >= 0.6 is 0 Å². The zero-order valence-electron chi connectivity index (χ0n) is 11.4. The quantitative estimate of drug-likeness (QED) is 0.205. The van der Waals surface area contributed by atoms with Crippen LogP contribution in [0.5, 0.6) is 0 Å². The van der Waals surface area contributed by atoms with Gasteiger partial charge in [-0.3, -0.25) is 15.5 Å². The summed E-state index contributed by atoms with van der Waals surface area (Å²) in [6.07, 6.45) is 2.06. The Kier molecular flexibility index (Phi) is 14.6. The number of carbonyl (C=O) groups excluding carboxylic acids is 1. The third kappa shape index (κ3) is 21.9. The highest BCUT2D eigenvalue weighted by Crippen LogP contribution is 1.99. The third-order valence-corrected chi connectivity index (χ3v) is 1.78. The fraction of sp³-hybridized carbons (Fsp3) is 0.727. The van der Waals surface area contributed by atoms with Crippen LogP contribution in [0.4, 0.5) is 4.79 Å². The second-order valence-electron chi connectivity index (χ2n) is 3.49. The Morgan fingerprint density at radius 3 is 2.26 bits per heavy atom. The molecule has 0 aromatic rings. The lowest BCUT2D eigenvalue weighted by Crippen LogP contribution is -2.11. The van der Waals surface area contributed by atoms with E-state index in [0.29, 0.717) is 12.4 Å². The van der Waals surface area contributed by atoms with Gasteiger partial charge in [-0.25, -0.2) is 4.79 Å². The Balaban J connectivity index is 0. The van der Waals surface area contributed by atoms with Crippen molar-refractivity contribution in [3.8, 4) is 0 Å². The first kappa shape index (κ1) is 19.5. The van der Waals surface area contributed by atoms with E-state index in [1.54, 1.807) is 6.92 Å². The molecule has 0 aliphatic carbocycles. The summed E-state index contributed by atoms with van der Waals surface area (Å²) in [7, 11) is 1.22. The summed E-state index contributed by atoms with van der Waals surface area (Å²) in [4.78, 5) is 24.0. The molecule has 0 fully saturated rings. The van der Waals surface area contributed by atoms with Gasteiger partial charge in [0.05, 0.1) is 12.9 Å². The van der Waals surface area contributed by atoms with E-state index in [4.69, 9.17) is 16.6 Å². The van der Waals surface area contributed by atoms with Crippen LogP contribution in [0.3, 0.4) is 0 Å². The molecule has 8 nitrogen and oxygen atoms in total. The number of ether oxygens (including phenoxy) is 2. The molecule has 0 aromatic carbocycles. The molecule has 0 heterocycles. The number of carboxylic acid groups (broad SMARTS) is 1. The van der Waals surface area contributed by atoms with E-state index in [1.165, 1.54) is 7.11 Å². The second-order valence-corrected chi connectivity index (χ2v) is 3.49. The number of carbonyl (C=O) groups is 2. The maximum atomic E-state index is 10.1. The van der Waals surface area contributed by atoms with E-state index in [9.17, 15) is 9.59 Å². The number of hydrogen-bond donors (Lipinski definition) is 3. The number of carboxylic acids is 1. The highest BCUT2D eigenvalue weighted by Gasteiger charge is 1.95. The number of nitrogens with zero attached hydrogens (tertiary/aromatic N) is 1. The summed E-state index contributed by atoms with van der Waals surface area (Å²) in [5.74, 6) is -0.137. The van der Waals surface area contributed by atoms with Crippen molar-refractivity contribution in [3.63, 3.8) is 0 Å². The lowest BCUT2D eigenvalue weighted by atomic mass is 10.2. The van der Waals surface area contributed by atoms with Gasteiger partial charge in [0.25, 0.3) is 0 Å². The van der Waals surface area contributed by atoms with E-state index in [1.807, 2.05) is 0 Å². The number of rotatable bonds is 7. The van der Waals surface area contributed by atoms with Crippen LogP contribution in [0.1, 0.15) is 32.6 Å². The first-order valence-electron chi connectivity index (χ1n) is 5.83. The van der Waals surface area contributed by atoms with Gasteiger partial charge in [-0.15, -0.1) is 0 Å². The summed E-state index contributed by atoms with van der Waals surface area (Å²) in [5.41, 5.74) is 10.1. The van der Waals surface area contributed by atoms with Crippen molar-refractivity contribution in [2.75, 3.05) is 20.4 Å². The van der Waals surface area contributed by atoms with Gasteiger partial charge >= 0.3 is 12.1 Å². The Bertz CT molecular complexity index is 278. The van der Waals surface area contributed by atoms with Gasteiger partial charge in [-0.05, 0) is 19.8 Å². The third-order valence-electron chi connectivity index (χ3n) is 1.78. The zero-order valence-corrected chi connectivity index (χ0v) is 11.4. The largest absolute Gasteiger partial charge is 0.509 e. The first-order chi connectivity index (χ1) is 8.93. The van der Waals surface area contributed by atoms with Gasteiger partial charge in [0.2, 0.25) is 0 Å². The lowest BCUT2D eigenvalue weighted by molar-refractivity contribution is -0.137. The topological polar surface area (TPSA) is 137 Å². The second kappa shape index (κ2) is 14.2. The van der Waals surface area contributed by atoms with Crippen LogP contribution < -0.4 is 11.5 Å². The Morgan fingerprint density at radius 2 is 1.89 bits per heavy atom. The maximum absolute atomic E-state index is 10.1. The van der Waals surface area contributed by atoms with Crippen molar-refractivity contribution in [2.45, 2.75) is 32.6 Å². The molecule has 0 radical (unpaired) electrons. The van der Waals surface area contributed by atoms with Crippen molar-refractivity contribution in [1.82, 2.24) is 0 Å². The number of aliphatic imine (C=N–C) groups is 1. The predicted octanol–water partition coefficient (Wildman–Crippen LogP) is 0.694. The summed E-state index contributed by atoms with van der Waals surface area (Å²) in [6.45, 7) is 2.33. The number of unbranched alkanes of at least 4 members (excludes halogenated alkanes) is 2. The minimum atomic E-state index is -0.748. The molecule has 19 heavy (non-hydrogen) atoms. The molecular formula is C11H23N3O5. The van der Waals surface area contributed by atoms with Crippen LogP contribution in [0, 0.1) is 0 Å². The summed E-state index contributed by atoms with van der Waals surface area (Å²) >= 11 is 0. The first-order valence-corrected chi connectivity index (χ1v) is 5.83. The molecule has 0 aliphatic heterocycles. The standard InChI is InChI=1S/C8H16N2O2.C3H7NO3/c1-7(9)10-6-4-2-3-5-8(11)12;1-6-3(5)7-2-4/h2-6H2,1H3,(H2,9,10)(H,11,12);2,4H2,1H3. The average molecular weight is 277 g/mol. The highest BCUT2D eigenvalue weighted by molar-refractivity contribution is 5.77. The molecule has 0 rings (SSSR count). The van der Waals surface area contributed by atoms with Gasteiger partial charge in [0.1, 0.15) is 6.73 Å². The fourth-order valence-electron chi connectivity index (χ4n) is 0.947. The normalized spacial score (nSPS) is 10.2. The van der Waals surface area contributed by atoms with Gasteiger partial charge in [-0.2, -0.15) is 0 Å². The van der Waals surface area contributed by atoms with Gasteiger partial charge < -0.3 is 20.3 Å². The zero-order chi connectivity index (χ0) is 15.1. The molecule has 0 bridgehead atoms. The molecule has 5 N–H and O–H groups in total. The molecule has 0 aliphatic rings. The number of nitrogens with two attached hydrogens (primary N) is 2. The van der Waals surface area contributed by atoms with E-state index in [-0.39, 0.29) is 13.2 Å². The van der Waals surface area contributed by atoms with Crippen LogP contribution in [0.2, 0.25) is 0 Å². The summed E-state index contributed by atoms with van der Waals surface area (Å²) < 4.78 is 8.16. The molecule has 0 spiro atoms. The van der Waals surface area contributed by atoms with Crippen molar-refractivity contribution < 1.29 is 24.2 Å². The van der Waals surface area contributed by atoms with Crippen molar-refractivity contribution >= 4 is 18.0 Å². The Labute approximate surface area is 112 Å². The van der Waals surface area contributed by atoms with Gasteiger partial charge in [0.15, 0.2) is 0 Å². The molecule has 0 aromatic heterocycles. The van der Waals surface area contributed by atoms with Crippen molar-refractivity contribution in [2.24, 2.45) is 16.5 Å². The molecule has 0 amide bonds. The van der Waals surface area contributed by atoms with E-state index < -0.39 is 12.1 Å². The maximum Gasteiger partial charge on any atom is 0.509 e. The molecule has 0 saturated heterocycles. The monoisotopic (exact) mass is 277 g/mol. The highest BCUT2D eigenvalue weighted by atomic mass is 16.7. The van der Waals surface area contributed by atoms with Crippen LogP contribution in [-0.4, -0.2) is 43.5 Å². The van der Waals surface area contributed by atoms with Crippen LogP contribution in [-0.2, 0) is 14.3 Å². The molecule has 112 valence electrons. The minimum Gasteiger partial charge on any atom is -0.481 e. The predicted molar refractivity (Wildman–Crippen MR) is 70.8 cm³/mol. The summed E-state index contributed by atoms with van der Waals surface area (Å²) in [6, 6.07) is 0. The van der Waals surface area contributed by atoms with E-state index in [2.05, 4.69) is 14.5 Å². The SMILES string of the molecule is CC(N)=NCCCCCC(=O)O.COC(=O)OCN. The average Bonchev–Trinajstić information content (AvgIpc) is 2.34. The van der Waals surface area contributed by atoms with Crippen molar-refractivity contribution in [3.05, 3.63) is 0 Å². The van der Waals surface area contributed by atoms with E-state index >= 15 is 0 Å². The molecule has 0 saturated carbocycles. The number of methoxy groups -OCH3 is 1. The lowest BCUT2D eigenvalue weighted by Gasteiger charge is -1.95. The number of amidine groups is 1. The van der Waals surface area contributed by atoms with E-state index in [0.717, 1.165) is 19.3 Å². The van der Waals surface area contributed by atoms with Crippen LogP contribution in [0.15, 0.2) is 4.99 Å². The Hall–Kier alpha value is -1.83. The number of aliphatic carboxylic acids is 1. The van der Waals surface area contributed by atoms with Crippen LogP contribution in [0.25, 0.3) is 0 Å². The number of hydrogen-bond acceptors (Lipinski definition) is 6. The minimum absolute atomic E-state index is 0.132. The molecule has 8 heteroatoms. The Morgan fingerprint density at radius 1 is 1.26 bits per heavy atom.